The number of carbonyl (C=O) groups excluding carboxylic acids is 2. The SMILES string of the molecule is CCC(C)[C@H](NC(=O)OCc1ccccc1)C(=O)Nc1c(C)cccc1C. The molecule has 0 saturated heterocycles. The van der Waals surface area contributed by atoms with Gasteiger partial charge in [-0.2, -0.15) is 0 Å². The number of nitrogens with one attached hydrogen (secondary N) is 2. The van der Waals surface area contributed by atoms with Gasteiger partial charge in [-0.3, -0.25) is 4.79 Å². The second kappa shape index (κ2) is 9.76. The van der Waals surface area contributed by atoms with E-state index in [1.54, 1.807) is 0 Å². The molecule has 2 amide bonds. The van der Waals surface area contributed by atoms with Crippen molar-refractivity contribution in [2.75, 3.05) is 5.32 Å². The lowest BCUT2D eigenvalue weighted by atomic mass is 9.98. The third-order valence-corrected chi connectivity index (χ3v) is 4.71. The van der Waals surface area contributed by atoms with Gasteiger partial charge in [0.25, 0.3) is 0 Å². The summed E-state index contributed by atoms with van der Waals surface area (Å²) in [5, 5.41) is 5.69. The summed E-state index contributed by atoms with van der Waals surface area (Å²) in [5.41, 5.74) is 3.65. The van der Waals surface area contributed by atoms with Crippen LogP contribution < -0.4 is 10.6 Å². The third kappa shape index (κ3) is 5.84. The van der Waals surface area contributed by atoms with Gasteiger partial charge < -0.3 is 15.4 Å². The van der Waals surface area contributed by atoms with Gasteiger partial charge in [0.2, 0.25) is 5.91 Å². The molecule has 2 atom stereocenters. The van der Waals surface area contributed by atoms with Crippen LogP contribution in [-0.2, 0) is 16.1 Å². The summed E-state index contributed by atoms with van der Waals surface area (Å²) in [5.74, 6) is -0.267. The Bertz CT molecular complexity index is 754. The van der Waals surface area contributed by atoms with Crippen LogP contribution in [0.15, 0.2) is 48.5 Å². The van der Waals surface area contributed by atoms with Crippen molar-refractivity contribution < 1.29 is 14.3 Å². The molecule has 27 heavy (non-hydrogen) atoms. The quantitative estimate of drug-likeness (QED) is 0.751. The van der Waals surface area contributed by atoms with Gasteiger partial charge >= 0.3 is 6.09 Å². The Labute approximate surface area is 161 Å². The lowest BCUT2D eigenvalue weighted by Crippen LogP contribution is -2.48. The van der Waals surface area contributed by atoms with Crippen molar-refractivity contribution in [3.8, 4) is 0 Å². The van der Waals surface area contributed by atoms with E-state index in [-0.39, 0.29) is 18.4 Å². The van der Waals surface area contributed by atoms with Crippen LogP contribution in [0.25, 0.3) is 0 Å². The van der Waals surface area contributed by atoms with Crippen molar-refractivity contribution in [3.05, 3.63) is 65.2 Å². The summed E-state index contributed by atoms with van der Waals surface area (Å²) in [7, 11) is 0. The van der Waals surface area contributed by atoms with Crippen LogP contribution in [0.4, 0.5) is 10.5 Å². The number of para-hydroxylation sites is 1. The highest BCUT2D eigenvalue weighted by molar-refractivity contribution is 5.97. The number of benzene rings is 2. The zero-order valence-corrected chi connectivity index (χ0v) is 16.4. The highest BCUT2D eigenvalue weighted by Crippen LogP contribution is 2.21. The van der Waals surface area contributed by atoms with Crippen LogP contribution in [0.1, 0.15) is 37.0 Å². The minimum Gasteiger partial charge on any atom is -0.445 e. The first kappa shape index (κ1) is 20.5. The smallest absolute Gasteiger partial charge is 0.408 e. The molecule has 0 spiro atoms. The van der Waals surface area contributed by atoms with E-state index in [1.807, 2.05) is 76.2 Å². The van der Waals surface area contributed by atoms with E-state index in [1.165, 1.54) is 0 Å². The lowest BCUT2D eigenvalue weighted by Gasteiger charge is -2.24. The fraction of sp³-hybridized carbons (Fsp3) is 0.364. The Balaban J connectivity index is 2.03. The molecule has 0 aromatic heterocycles. The number of hydrogen-bond acceptors (Lipinski definition) is 3. The van der Waals surface area contributed by atoms with Gasteiger partial charge in [-0.15, -0.1) is 0 Å². The van der Waals surface area contributed by atoms with Gasteiger partial charge in [0, 0.05) is 5.69 Å². The minimum absolute atomic E-state index is 0.0291. The summed E-state index contributed by atoms with van der Waals surface area (Å²) in [6.45, 7) is 7.98. The monoisotopic (exact) mass is 368 g/mol. The average molecular weight is 368 g/mol. The Hall–Kier alpha value is -2.82. The summed E-state index contributed by atoms with van der Waals surface area (Å²) < 4.78 is 5.27. The van der Waals surface area contributed by atoms with Gasteiger partial charge in [0.1, 0.15) is 12.6 Å². The summed E-state index contributed by atoms with van der Waals surface area (Å²) in [6, 6.07) is 14.6. The van der Waals surface area contributed by atoms with Crippen LogP contribution in [0, 0.1) is 19.8 Å². The predicted molar refractivity (Wildman–Crippen MR) is 108 cm³/mol. The maximum atomic E-state index is 12.8. The van der Waals surface area contributed by atoms with Crippen molar-refractivity contribution in [2.24, 2.45) is 5.92 Å². The third-order valence-electron chi connectivity index (χ3n) is 4.71. The first-order valence-corrected chi connectivity index (χ1v) is 9.26. The van der Waals surface area contributed by atoms with Crippen LogP contribution in [0.3, 0.4) is 0 Å². The summed E-state index contributed by atoms with van der Waals surface area (Å²) in [6.07, 6.45) is 0.157. The number of amides is 2. The Morgan fingerprint density at radius 1 is 1.00 bits per heavy atom. The highest BCUT2D eigenvalue weighted by Gasteiger charge is 2.27. The molecule has 0 aliphatic rings. The number of rotatable bonds is 7. The molecule has 0 aliphatic carbocycles. The van der Waals surface area contributed by atoms with Gasteiger partial charge in [-0.05, 0) is 36.5 Å². The van der Waals surface area contributed by atoms with Crippen LogP contribution in [0.2, 0.25) is 0 Å². The molecular weight excluding hydrogens is 340 g/mol. The van der Waals surface area contributed by atoms with Crippen LogP contribution in [-0.4, -0.2) is 18.0 Å². The van der Waals surface area contributed by atoms with Gasteiger partial charge in [0.15, 0.2) is 0 Å². The second-order valence-corrected chi connectivity index (χ2v) is 6.83. The average Bonchev–Trinajstić information content (AvgIpc) is 2.67. The molecule has 0 heterocycles. The Morgan fingerprint density at radius 3 is 2.22 bits per heavy atom. The molecule has 0 bridgehead atoms. The molecule has 0 radical (unpaired) electrons. The van der Waals surface area contributed by atoms with Crippen molar-refractivity contribution >= 4 is 17.7 Å². The standard InChI is InChI=1S/C22H28N2O3/c1-5-15(2)20(21(25)23-19-16(3)10-9-11-17(19)4)24-22(26)27-14-18-12-7-6-8-13-18/h6-13,15,20H,5,14H2,1-4H3,(H,23,25)(H,24,26)/t15?,20-/m0/s1. The number of ether oxygens (including phenoxy) is 1. The molecule has 1 unspecified atom stereocenters. The summed E-state index contributed by atoms with van der Waals surface area (Å²) >= 11 is 0. The fourth-order valence-electron chi connectivity index (χ4n) is 2.81. The van der Waals surface area contributed by atoms with E-state index in [2.05, 4.69) is 10.6 Å². The zero-order chi connectivity index (χ0) is 19.8. The van der Waals surface area contributed by atoms with E-state index in [0.717, 1.165) is 28.8 Å². The largest absolute Gasteiger partial charge is 0.445 e. The number of alkyl carbamates (subject to hydrolysis) is 1. The predicted octanol–water partition coefficient (Wildman–Crippen LogP) is 4.58. The van der Waals surface area contributed by atoms with Gasteiger partial charge in [-0.25, -0.2) is 4.79 Å². The highest BCUT2D eigenvalue weighted by atomic mass is 16.5. The topological polar surface area (TPSA) is 67.4 Å². The molecule has 5 nitrogen and oxygen atoms in total. The first-order chi connectivity index (χ1) is 12.9. The molecular formula is C22H28N2O3. The normalized spacial score (nSPS) is 12.7. The molecule has 2 N–H and O–H groups in total. The van der Waals surface area contributed by atoms with E-state index < -0.39 is 12.1 Å². The molecule has 2 rings (SSSR count). The van der Waals surface area contributed by atoms with Crippen molar-refractivity contribution in [1.29, 1.82) is 0 Å². The molecule has 144 valence electrons. The van der Waals surface area contributed by atoms with Crippen LogP contribution >= 0.6 is 0 Å². The molecule has 2 aromatic carbocycles. The maximum Gasteiger partial charge on any atom is 0.408 e. The Kier molecular flexibility index (Phi) is 7.41. The van der Waals surface area contributed by atoms with Crippen molar-refractivity contribution in [1.82, 2.24) is 5.32 Å². The number of anilines is 1. The first-order valence-electron chi connectivity index (χ1n) is 9.26. The van der Waals surface area contributed by atoms with Crippen molar-refractivity contribution in [2.45, 2.75) is 46.8 Å². The van der Waals surface area contributed by atoms with Gasteiger partial charge in [-0.1, -0.05) is 68.8 Å². The Morgan fingerprint density at radius 2 is 1.63 bits per heavy atom. The molecule has 0 fully saturated rings. The molecule has 2 aromatic rings. The zero-order valence-electron chi connectivity index (χ0n) is 16.4. The molecule has 0 saturated carbocycles. The van der Waals surface area contributed by atoms with E-state index in [0.29, 0.717) is 0 Å². The van der Waals surface area contributed by atoms with Crippen LogP contribution in [0.5, 0.6) is 0 Å². The van der Waals surface area contributed by atoms with E-state index >= 15 is 0 Å². The van der Waals surface area contributed by atoms with Gasteiger partial charge in [0.05, 0.1) is 0 Å². The van der Waals surface area contributed by atoms with Crippen molar-refractivity contribution in [3.63, 3.8) is 0 Å². The number of aryl methyl sites for hydroxylation is 2. The molecule has 5 heteroatoms. The molecule has 0 aliphatic heterocycles. The minimum atomic E-state index is -0.669. The van der Waals surface area contributed by atoms with E-state index in [9.17, 15) is 9.59 Å². The lowest BCUT2D eigenvalue weighted by molar-refractivity contribution is -0.119. The fourth-order valence-corrected chi connectivity index (χ4v) is 2.81. The summed E-state index contributed by atoms with van der Waals surface area (Å²) in [4.78, 5) is 25.1. The van der Waals surface area contributed by atoms with E-state index in [4.69, 9.17) is 4.74 Å². The second-order valence-electron chi connectivity index (χ2n) is 6.83. The maximum absolute atomic E-state index is 12.8. The number of carbonyl (C=O) groups is 2. The number of hydrogen-bond donors (Lipinski definition) is 2.